The Morgan fingerprint density at radius 3 is 1.75 bits per heavy atom. The summed E-state index contributed by atoms with van der Waals surface area (Å²) in [4.78, 5) is 0. The predicted octanol–water partition coefficient (Wildman–Crippen LogP) is 5.12. The number of unbranched alkanes of at least 4 members (excludes halogenated alkanes) is 2. The summed E-state index contributed by atoms with van der Waals surface area (Å²) in [6.45, 7) is 10.6. The molecule has 0 saturated heterocycles. The summed E-state index contributed by atoms with van der Waals surface area (Å²) in [7, 11) is -0.651. The lowest BCUT2D eigenvalue weighted by molar-refractivity contribution is 0.236. The van der Waals surface area contributed by atoms with E-state index in [-0.39, 0.29) is 0 Å². The molecule has 0 amide bonds. The average molecular weight is 248 g/mol. The Morgan fingerprint density at radius 1 is 0.875 bits per heavy atom. The highest BCUT2D eigenvalue weighted by Gasteiger charge is 2.18. The zero-order valence-electron chi connectivity index (χ0n) is 11.5. The highest BCUT2D eigenvalue weighted by molar-refractivity contribution is 7.48. The van der Waals surface area contributed by atoms with Crippen LogP contribution in [0.15, 0.2) is 0 Å². The summed E-state index contributed by atoms with van der Waals surface area (Å²) in [6, 6.07) is 0. The van der Waals surface area contributed by atoms with Gasteiger partial charge in [0.05, 0.1) is 13.2 Å². The minimum Gasteiger partial charge on any atom is -0.334 e. The third-order valence-electron chi connectivity index (χ3n) is 2.50. The topological polar surface area (TPSA) is 18.5 Å². The fourth-order valence-corrected chi connectivity index (χ4v) is 3.08. The van der Waals surface area contributed by atoms with E-state index in [1.54, 1.807) is 0 Å². The van der Waals surface area contributed by atoms with Crippen molar-refractivity contribution in [1.82, 2.24) is 0 Å². The van der Waals surface area contributed by atoms with Crippen molar-refractivity contribution < 1.29 is 9.05 Å². The lowest BCUT2D eigenvalue weighted by Crippen LogP contribution is -2.06. The zero-order valence-corrected chi connectivity index (χ0v) is 12.4. The van der Waals surface area contributed by atoms with Gasteiger partial charge in [-0.1, -0.05) is 47.0 Å². The summed E-state index contributed by atoms with van der Waals surface area (Å²) in [5.74, 6) is 0. The molecule has 0 aliphatic carbocycles. The predicted molar refractivity (Wildman–Crippen MR) is 73.0 cm³/mol. The summed E-state index contributed by atoms with van der Waals surface area (Å²) in [5.41, 5.74) is 0.578. The molecule has 0 radical (unpaired) electrons. The van der Waals surface area contributed by atoms with E-state index in [9.17, 15) is 0 Å². The molecular weight excluding hydrogens is 219 g/mol. The van der Waals surface area contributed by atoms with Gasteiger partial charge in [-0.2, -0.15) is 0 Å². The van der Waals surface area contributed by atoms with Crippen molar-refractivity contribution in [2.75, 3.05) is 13.2 Å². The van der Waals surface area contributed by atoms with Crippen LogP contribution in [-0.2, 0) is 9.05 Å². The van der Waals surface area contributed by atoms with Gasteiger partial charge in [0.15, 0.2) is 8.38 Å². The van der Waals surface area contributed by atoms with E-state index in [0.717, 1.165) is 26.1 Å². The molecule has 0 N–H and O–H groups in total. The number of rotatable bonds is 11. The Kier molecular flexibility index (Phi) is 12.1. The molecule has 0 fully saturated rings. The molecule has 3 heteroatoms. The van der Waals surface area contributed by atoms with Crippen molar-refractivity contribution >= 4 is 8.38 Å². The van der Waals surface area contributed by atoms with Crippen molar-refractivity contribution in [2.24, 2.45) is 0 Å². The van der Waals surface area contributed by atoms with Crippen LogP contribution in [0.4, 0.5) is 0 Å². The standard InChI is InChI=1S/C13H29O2P/c1-5-8-11-14-16(13(4)10-7-3)15-12-9-6-2/h13H,5-12H2,1-4H3. The quantitative estimate of drug-likeness (QED) is 0.373. The maximum Gasteiger partial charge on any atom is 0.173 e. The molecule has 2 nitrogen and oxygen atoms in total. The van der Waals surface area contributed by atoms with Crippen LogP contribution in [0.25, 0.3) is 0 Å². The molecule has 0 spiro atoms. The van der Waals surface area contributed by atoms with Crippen LogP contribution >= 0.6 is 8.38 Å². The number of hydrogen-bond donors (Lipinski definition) is 0. The second-order valence-corrected chi connectivity index (χ2v) is 6.27. The lowest BCUT2D eigenvalue weighted by Gasteiger charge is -2.23. The van der Waals surface area contributed by atoms with Crippen molar-refractivity contribution in [3.63, 3.8) is 0 Å². The average Bonchev–Trinajstić information content (AvgIpc) is 2.28. The maximum atomic E-state index is 5.89. The molecule has 0 saturated carbocycles. The van der Waals surface area contributed by atoms with Crippen LogP contribution in [0.2, 0.25) is 0 Å². The van der Waals surface area contributed by atoms with Crippen molar-refractivity contribution in [3.8, 4) is 0 Å². The highest BCUT2D eigenvalue weighted by atomic mass is 31.2. The molecule has 0 aromatic carbocycles. The first kappa shape index (κ1) is 16.4. The van der Waals surface area contributed by atoms with E-state index in [0.29, 0.717) is 5.66 Å². The van der Waals surface area contributed by atoms with Crippen molar-refractivity contribution in [2.45, 2.75) is 71.9 Å². The molecule has 0 aromatic rings. The van der Waals surface area contributed by atoms with Crippen LogP contribution < -0.4 is 0 Å². The number of hydrogen-bond acceptors (Lipinski definition) is 2. The highest BCUT2D eigenvalue weighted by Crippen LogP contribution is 2.45. The molecule has 0 rings (SSSR count). The third kappa shape index (κ3) is 8.50. The first-order valence-electron chi connectivity index (χ1n) is 6.81. The third-order valence-corrected chi connectivity index (χ3v) is 4.35. The van der Waals surface area contributed by atoms with Gasteiger partial charge < -0.3 is 9.05 Å². The van der Waals surface area contributed by atoms with Gasteiger partial charge in [0.1, 0.15) is 0 Å². The van der Waals surface area contributed by atoms with E-state index in [1.807, 2.05) is 0 Å². The second kappa shape index (κ2) is 11.8. The smallest absolute Gasteiger partial charge is 0.173 e. The minimum atomic E-state index is -0.651. The summed E-state index contributed by atoms with van der Waals surface area (Å²) in [5, 5.41) is 0. The van der Waals surface area contributed by atoms with Crippen LogP contribution in [0.3, 0.4) is 0 Å². The normalized spacial score (nSPS) is 13.3. The van der Waals surface area contributed by atoms with Gasteiger partial charge in [-0.3, -0.25) is 0 Å². The van der Waals surface area contributed by atoms with Gasteiger partial charge >= 0.3 is 0 Å². The van der Waals surface area contributed by atoms with Crippen LogP contribution in [-0.4, -0.2) is 18.9 Å². The van der Waals surface area contributed by atoms with E-state index in [4.69, 9.17) is 9.05 Å². The van der Waals surface area contributed by atoms with E-state index < -0.39 is 8.38 Å². The molecule has 0 aromatic heterocycles. The molecule has 0 aliphatic heterocycles. The van der Waals surface area contributed by atoms with E-state index in [2.05, 4.69) is 27.7 Å². The summed E-state index contributed by atoms with van der Waals surface area (Å²) < 4.78 is 11.8. The van der Waals surface area contributed by atoms with Gasteiger partial charge in [0.25, 0.3) is 0 Å². The molecule has 0 bridgehead atoms. The molecule has 16 heavy (non-hydrogen) atoms. The minimum absolute atomic E-state index is 0.578. The summed E-state index contributed by atoms with van der Waals surface area (Å²) >= 11 is 0. The SMILES string of the molecule is CCCCOP(OCCCC)C(C)CCC. The van der Waals surface area contributed by atoms with Gasteiger partial charge in [-0.05, 0) is 19.3 Å². The molecule has 1 atom stereocenters. The molecule has 0 aliphatic rings. The fourth-order valence-electron chi connectivity index (χ4n) is 1.41. The Bertz CT molecular complexity index is 132. The lowest BCUT2D eigenvalue weighted by atomic mass is 10.3. The van der Waals surface area contributed by atoms with Gasteiger partial charge in [-0.15, -0.1) is 0 Å². The van der Waals surface area contributed by atoms with Crippen molar-refractivity contribution in [1.29, 1.82) is 0 Å². The molecular formula is C13H29O2P. The maximum absolute atomic E-state index is 5.89. The molecule has 1 unspecified atom stereocenters. The van der Waals surface area contributed by atoms with E-state index >= 15 is 0 Å². The second-order valence-electron chi connectivity index (χ2n) is 4.30. The fraction of sp³-hybridized carbons (Fsp3) is 1.00. The monoisotopic (exact) mass is 248 g/mol. The Hall–Kier alpha value is 0.350. The zero-order chi connectivity index (χ0) is 12.2. The first-order chi connectivity index (χ1) is 7.76. The Labute approximate surface area is 103 Å². The van der Waals surface area contributed by atoms with Crippen LogP contribution in [0.1, 0.15) is 66.2 Å². The molecule has 98 valence electrons. The van der Waals surface area contributed by atoms with Crippen molar-refractivity contribution in [3.05, 3.63) is 0 Å². The first-order valence-corrected chi connectivity index (χ1v) is 8.05. The van der Waals surface area contributed by atoms with Gasteiger partial charge in [0.2, 0.25) is 0 Å². The van der Waals surface area contributed by atoms with Gasteiger partial charge in [0, 0.05) is 5.66 Å². The van der Waals surface area contributed by atoms with Gasteiger partial charge in [-0.25, -0.2) is 0 Å². The largest absolute Gasteiger partial charge is 0.334 e. The van der Waals surface area contributed by atoms with E-state index in [1.165, 1.54) is 25.7 Å². The van der Waals surface area contributed by atoms with Crippen LogP contribution in [0.5, 0.6) is 0 Å². The Balaban J connectivity index is 3.84. The van der Waals surface area contributed by atoms with Crippen LogP contribution in [0, 0.1) is 0 Å². The Morgan fingerprint density at radius 2 is 1.38 bits per heavy atom. The molecule has 0 heterocycles. The summed E-state index contributed by atoms with van der Waals surface area (Å²) in [6.07, 6.45) is 7.11.